The molecule has 2 atom stereocenters. The van der Waals surface area contributed by atoms with Gasteiger partial charge in [-0.15, -0.1) is 0 Å². The lowest BCUT2D eigenvalue weighted by molar-refractivity contribution is 0.0113. The molecular weight excluding hydrogens is 280 g/mol. The van der Waals surface area contributed by atoms with Gasteiger partial charge in [0, 0.05) is 17.4 Å². The third-order valence-corrected chi connectivity index (χ3v) is 5.82. The van der Waals surface area contributed by atoms with Gasteiger partial charge in [-0.05, 0) is 70.6 Å². The molecule has 3 rings (SSSR count). The molecular formula is C22H32O. The zero-order valence-corrected chi connectivity index (χ0v) is 15.5. The van der Waals surface area contributed by atoms with Crippen LogP contribution in [0.1, 0.15) is 82.4 Å². The van der Waals surface area contributed by atoms with Gasteiger partial charge < -0.3 is 4.74 Å². The van der Waals surface area contributed by atoms with Crippen LogP contribution in [0.25, 0.3) is 0 Å². The van der Waals surface area contributed by atoms with E-state index in [1.165, 1.54) is 55.2 Å². The molecule has 0 fully saturated rings. The lowest BCUT2D eigenvalue weighted by atomic mass is 9.67. The number of rotatable bonds is 4. The topological polar surface area (TPSA) is 9.23 Å². The molecule has 0 N–H and O–H groups in total. The van der Waals surface area contributed by atoms with Gasteiger partial charge in [0.2, 0.25) is 0 Å². The van der Waals surface area contributed by atoms with Crippen molar-refractivity contribution >= 4 is 0 Å². The van der Waals surface area contributed by atoms with Gasteiger partial charge in [-0.2, -0.15) is 0 Å². The summed E-state index contributed by atoms with van der Waals surface area (Å²) in [6.07, 6.45) is 10.0. The highest BCUT2D eigenvalue weighted by molar-refractivity contribution is 5.50. The van der Waals surface area contributed by atoms with Gasteiger partial charge in [-0.25, -0.2) is 0 Å². The molecule has 0 unspecified atom stereocenters. The summed E-state index contributed by atoms with van der Waals surface area (Å²) in [5.41, 5.74) is 5.79. The molecule has 0 bridgehead atoms. The van der Waals surface area contributed by atoms with E-state index in [9.17, 15) is 0 Å². The van der Waals surface area contributed by atoms with Crippen molar-refractivity contribution in [2.75, 3.05) is 0 Å². The van der Waals surface area contributed by atoms with Crippen molar-refractivity contribution in [3.63, 3.8) is 0 Å². The normalized spacial score (nSPS) is 25.2. The zero-order valence-electron chi connectivity index (χ0n) is 15.5. The third-order valence-electron chi connectivity index (χ3n) is 5.82. The van der Waals surface area contributed by atoms with Crippen LogP contribution in [0.2, 0.25) is 0 Å². The number of hydrogen-bond acceptors (Lipinski definition) is 1. The van der Waals surface area contributed by atoms with E-state index in [-0.39, 0.29) is 5.60 Å². The monoisotopic (exact) mass is 312 g/mol. The highest BCUT2D eigenvalue weighted by Crippen LogP contribution is 2.51. The Morgan fingerprint density at radius 3 is 2.70 bits per heavy atom. The minimum absolute atomic E-state index is 0.0661. The third kappa shape index (κ3) is 3.20. The first-order valence-corrected chi connectivity index (χ1v) is 9.42. The largest absolute Gasteiger partial charge is 0.487 e. The molecule has 1 aliphatic carbocycles. The van der Waals surface area contributed by atoms with Crippen LogP contribution in [-0.4, -0.2) is 5.60 Å². The summed E-state index contributed by atoms with van der Waals surface area (Å²) in [6.45, 7) is 11.4. The average molecular weight is 312 g/mol. The highest BCUT2D eigenvalue weighted by Gasteiger charge is 2.44. The molecule has 0 aromatic heterocycles. The molecule has 1 nitrogen and oxygen atoms in total. The molecule has 0 saturated carbocycles. The van der Waals surface area contributed by atoms with Crippen molar-refractivity contribution < 1.29 is 4.74 Å². The molecule has 0 amide bonds. The molecule has 1 heteroatoms. The Hall–Kier alpha value is -1.24. The summed E-state index contributed by atoms with van der Waals surface area (Å²) >= 11 is 0. The van der Waals surface area contributed by atoms with E-state index in [4.69, 9.17) is 4.74 Å². The van der Waals surface area contributed by atoms with Gasteiger partial charge in [-0.3, -0.25) is 0 Å². The van der Waals surface area contributed by atoms with E-state index < -0.39 is 0 Å². The molecule has 1 aliphatic heterocycles. The Morgan fingerprint density at radius 1 is 1.17 bits per heavy atom. The van der Waals surface area contributed by atoms with Crippen molar-refractivity contribution in [3.05, 3.63) is 40.5 Å². The van der Waals surface area contributed by atoms with E-state index in [0.29, 0.717) is 11.8 Å². The van der Waals surface area contributed by atoms with E-state index in [1.807, 2.05) is 0 Å². The fourth-order valence-corrected chi connectivity index (χ4v) is 4.57. The van der Waals surface area contributed by atoms with Crippen LogP contribution in [0.3, 0.4) is 0 Å². The Labute approximate surface area is 142 Å². The standard InChI is InChI=1S/C22H32O/c1-6-7-8-9-17-13-16(3)21-18-12-15(2)10-11-19(18)22(4,5)23-20(21)14-17/h12-14,18-19H,6-11H2,1-5H3/t18-,19-/m0/s1. The Kier molecular flexibility index (Phi) is 4.58. The smallest absolute Gasteiger partial charge is 0.124 e. The first-order chi connectivity index (χ1) is 10.9. The Morgan fingerprint density at radius 2 is 1.96 bits per heavy atom. The molecule has 126 valence electrons. The average Bonchev–Trinajstić information content (AvgIpc) is 2.46. The number of benzene rings is 1. The zero-order chi connectivity index (χ0) is 16.6. The van der Waals surface area contributed by atoms with Gasteiger partial charge in [-0.1, -0.05) is 37.5 Å². The minimum atomic E-state index is -0.0661. The van der Waals surface area contributed by atoms with E-state index in [2.05, 4.69) is 52.8 Å². The summed E-state index contributed by atoms with van der Waals surface area (Å²) in [5, 5.41) is 0. The summed E-state index contributed by atoms with van der Waals surface area (Å²) in [4.78, 5) is 0. The lowest BCUT2D eigenvalue weighted by Crippen LogP contribution is -2.45. The van der Waals surface area contributed by atoms with E-state index in [0.717, 1.165) is 5.75 Å². The predicted molar refractivity (Wildman–Crippen MR) is 98.3 cm³/mol. The van der Waals surface area contributed by atoms with Crippen molar-refractivity contribution in [1.82, 2.24) is 0 Å². The van der Waals surface area contributed by atoms with Crippen molar-refractivity contribution in [1.29, 1.82) is 0 Å². The Balaban J connectivity index is 1.99. The van der Waals surface area contributed by atoms with Gasteiger partial charge in [0.25, 0.3) is 0 Å². The quantitative estimate of drug-likeness (QED) is 0.465. The van der Waals surface area contributed by atoms with Crippen molar-refractivity contribution in [2.24, 2.45) is 5.92 Å². The maximum atomic E-state index is 6.52. The molecule has 2 aliphatic rings. The number of hydrogen-bond donors (Lipinski definition) is 0. The van der Waals surface area contributed by atoms with Gasteiger partial charge >= 0.3 is 0 Å². The fourth-order valence-electron chi connectivity index (χ4n) is 4.57. The summed E-state index contributed by atoms with van der Waals surface area (Å²) < 4.78 is 6.52. The van der Waals surface area contributed by atoms with Crippen molar-refractivity contribution in [2.45, 2.75) is 84.7 Å². The first-order valence-electron chi connectivity index (χ1n) is 9.42. The SMILES string of the molecule is CCCCCc1cc(C)c2c(c1)OC(C)(C)[C@H]1CCC(C)=C[C@H]21. The maximum absolute atomic E-state index is 6.52. The number of fused-ring (bicyclic) bond motifs is 3. The number of ether oxygens (including phenoxy) is 1. The number of allylic oxidation sites excluding steroid dienone is 2. The van der Waals surface area contributed by atoms with Gasteiger partial charge in [0.15, 0.2) is 0 Å². The fraction of sp³-hybridized carbons (Fsp3) is 0.636. The van der Waals surface area contributed by atoms with Crippen LogP contribution >= 0.6 is 0 Å². The van der Waals surface area contributed by atoms with E-state index >= 15 is 0 Å². The van der Waals surface area contributed by atoms with Crippen LogP contribution in [-0.2, 0) is 6.42 Å². The van der Waals surface area contributed by atoms with Crippen LogP contribution < -0.4 is 4.74 Å². The minimum Gasteiger partial charge on any atom is -0.487 e. The molecule has 1 aromatic rings. The van der Waals surface area contributed by atoms with Gasteiger partial charge in [0.05, 0.1) is 0 Å². The van der Waals surface area contributed by atoms with Crippen LogP contribution in [0, 0.1) is 12.8 Å². The molecule has 1 heterocycles. The van der Waals surface area contributed by atoms with Crippen molar-refractivity contribution in [3.8, 4) is 5.75 Å². The van der Waals surface area contributed by atoms with Crippen LogP contribution in [0.5, 0.6) is 5.75 Å². The van der Waals surface area contributed by atoms with Gasteiger partial charge in [0.1, 0.15) is 11.4 Å². The lowest BCUT2D eigenvalue weighted by Gasteiger charge is -2.47. The highest BCUT2D eigenvalue weighted by atomic mass is 16.5. The predicted octanol–water partition coefficient (Wildman–Crippen LogP) is 6.34. The molecule has 1 aromatic carbocycles. The second kappa shape index (κ2) is 6.34. The second-order valence-electron chi connectivity index (χ2n) is 8.17. The molecule has 0 radical (unpaired) electrons. The van der Waals surface area contributed by atoms with Crippen LogP contribution in [0.4, 0.5) is 0 Å². The van der Waals surface area contributed by atoms with E-state index in [1.54, 1.807) is 5.57 Å². The Bertz CT molecular complexity index is 609. The summed E-state index contributed by atoms with van der Waals surface area (Å²) in [5.74, 6) is 2.28. The summed E-state index contributed by atoms with van der Waals surface area (Å²) in [7, 11) is 0. The molecule has 0 spiro atoms. The second-order valence-corrected chi connectivity index (χ2v) is 8.17. The number of aryl methyl sites for hydroxylation is 2. The summed E-state index contributed by atoms with van der Waals surface area (Å²) in [6, 6.07) is 4.73. The first kappa shape index (κ1) is 16.6. The van der Waals surface area contributed by atoms with Crippen LogP contribution in [0.15, 0.2) is 23.8 Å². The molecule has 0 saturated heterocycles. The number of unbranched alkanes of at least 4 members (excludes halogenated alkanes) is 2. The maximum Gasteiger partial charge on any atom is 0.124 e. The molecule has 23 heavy (non-hydrogen) atoms.